The van der Waals surface area contributed by atoms with Gasteiger partial charge in [0.05, 0.1) is 11.9 Å². The lowest BCUT2D eigenvalue weighted by Gasteiger charge is -2.29. The third-order valence-electron chi connectivity index (χ3n) is 3.74. The molecule has 0 aliphatic heterocycles. The van der Waals surface area contributed by atoms with Gasteiger partial charge in [-0.1, -0.05) is 51.1 Å². The minimum Gasteiger partial charge on any atom is -0.344 e. The van der Waals surface area contributed by atoms with Crippen molar-refractivity contribution in [2.24, 2.45) is 10.5 Å². The van der Waals surface area contributed by atoms with Gasteiger partial charge < -0.3 is 5.32 Å². The van der Waals surface area contributed by atoms with Crippen LogP contribution in [-0.2, 0) is 9.59 Å². The topological polar surface area (TPSA) is 83.5 Å². The maximum Gasteiger partial charge on any atom is 0.263 e. The zero-order valence-electron chi connectivity index (χ0n) is 15.5. The highest BCUT2D eigenvalue weighted by Gasteiger charge is 2.31. The fraction of sp³-hybridized carbons (Fsp3) is 0.300. The number of rotatable bonds is 5. The molecule has 1 atom stereocenters. The lowest BCUT2D eigenvalue weighted by atomic mass is 9.86. The van der Waals surface area contributed by atoms with Gasteiger partial charge in [-0.2, -0.15) is 5.10 Å². The Bertz CT molecular complexity index is 778. The first-order chi connectivity index (χ1) is 12.3. The number of carbonyl (C=O) groups excluding carboxylic acids is 2. The number of hydrogen-bond acceptors (Lipinski definition) is 4. The molecule has 0 bridgehead atoms. The summed E-state index contributed by atoms with van der Waals surface area (Å²) < 4.78 is 0. The monoisotopic (exact) mass is 352 g/mol. The van der Waals surface area contributed by atoms with Gasteiger partial charge >= 0.3 is 0 Å². The predicted molar refractivity (Wildman–Crippen MR) is 102 cm³/mol. The summed E-state index contributed by atoms with van der Waals surface area (Å²) in [5.41, 5.74) is 4.82. The molecule has 2 aromatic rings. The standard InChI is InChI=1S/C20H24N4O2/c1-14(25)23-18(20(2,3)4)19(26)24-22-13-15-8-10-16(11-9-15)17-7-5-6-12-21-17/h5-13,18H,1-4H3,(H,23,25)(H,24,26). The van der Waals surface area contributed by atoms with Crippen LogP contribution in [0.25, 0.3) is 11.3 Å². The van der Waals surface area contributed by atoms with E-state index in [0.717, 1.165) is 16.8 Å². The molecule has 1 aromatic carbocycles. The Morgan fingerprint density at radius 1 is 1.12 bits per heavy atom. The summed E-state index contributed by atoms with van der Waals surface area (Å²) in [4.78, 5) is 27.9. The van der Waals surface area contributed by atoms with Crippen LogP contribution in [0.2, 0.25) is 0 Å². The maximum atomic E-state index is 12.3. The second-order valence-electron chi connectivity index (χ2n) is 7.07. The van der Waals surface area contributed by atoms with E-state index >= 15 is 0 Å². The Morgan fingerprint density at radius 3 is 2.35 bits per heavy atom. The molecule has 0 aliphatic rings. The molecule has 0 spiro atoms. The van der Waals surface area contributed by atoms with Crippen LogP contribution >= 0.6 is 0 Å². The van der Waals surface area contributed by atoms with Gasteiger partial charge in [0.1, 0.15) is 6.04 Å². The van der Waals surface area contributed by atoms with Gasteiger partial charge in [0.2, 0.25) is 5.91 Å². The summed E-state index contributed by atoms with van der Waals surface area (Å²) in [5.74, 6) is -0.608. The highest BCUT2D eigenvalue weighted by molar-refractivity contribution is 5.88. The number of hydrogen-bond donors (Lipinski definition) is 2. The number of pyridine rings is 1. The van der Waals surface area contributed by atoms with Crippen LogP contribution in [0, 0.1) is 5.41 Å². The van der Waals surface area contributed by atoms with Crippen molar-refractivity contribution in [3.05, 3.63) is 54.2 Å². The van der Waals surface area contributed by atoms with E-state index in [0.29, 0.717) is 0 Å². The molecule has 2 rings (SSSR count). The van der Waals surface area contributed by atoms with Crippen molar-refractivity contribution < 1.29 is 9.59 Å². The first-order valence-electron chi connectivity index (χ1n) is 8.39. The number of carbonyl (C=O) groups is 2. The van der Waals surface area contributed by atoms with Crippen molar-refractivity contribution in [1.82, 2.24) is 15.7 Å². The zero-order chi connectivity index (χ0) is 19.2. The Kier molecular flexibility index (Phi) is 6.22. The Morgan fingerprint density at radius 2 is 1.81 bits per heavy atom. The van der Waals surface area contributed by atoms with E-state index in [1.54, 1.807) is 12.4 Å². The maximum absolute atomic E-state index is 12.3. The quantitative estimate of drug-likeness (QED) is 0.641. The summed E-state index contributed by atoms with van der Waals surface area (Å²) >= 11 is 0. The van der Waals surface area contributed by atoms with Crippen molar-refractivity contribution in [1.29, 1.82) is 0 Å². The van der Waals surface area contributed by atoms with Gasteiger partial charge in [-0.05, 0) is 23.1 Å². The van der Waals surface area contributed by atoms with Crippen molar-refractivity contribution in [2.75, 3.05) is 0 Å². The molecular weight excluding hydrogens is 328 g/mol. The summed E-state index contributed by atoms with van der Waals surface area (Å²) in [5, 5.41) is 6.66. The Hall–Kier alpha value is -3.02. The number of nitrogens with zero attached hydrogens (tertiary/aromatic N) is 2. The zero-order valence-corrected chi connectivity index (χ0v) is 15.5. The lowest BCUT2D eigenvalue weighted by Crippen LogP contribution is -2.52. The van der Waals surface area contributed by atoms with Crippen molar-refractivity contribution >= 4 is 18.0 Å². The average Bonchev–Trinajstić information content (AvgIpc) is 2.60. The van der Waals surface area contributed by atoms with E-state index in [9.17, 15) is 9.59 Å². The summed E-state index contributed by atoms with van der Waals surface area (Å²) in [6, 6.07) is 12.8. The van der Waals surface area contributed by atoms with Crippen molar-refractivity contribution in [3.63, 3.8) is 0 Å². The average molecular weight is 352 g/mol. The third kappa shape index (κ3) is 5.51. The summed E-state index contributed by atoms with van der Waals surface area (Å²) in [7, 11) is 0. The van der Waals surface area contributed by atoms with Crippen molar-refractivity contribution in [2.45, 2.75) is 33.7 Å². The highest BCUT2D eigenvalue weighted by atomic mass is 16.2. The number of hydrazone groups is 1. The molecule has 26 heavy (non-hydrogen) atoms. The molecule has 6 heteroatoms. The fourth-order valence-electron chi connectivity index (χ4n) is 2.39. The molecule has 136 valence electrons. The van der Waals surface area contributed by atoms with E-state index < -0.39 is 11.5 Å². The number of amides is 2. The van der Waals surface area contributed by atoms with E-state index in [1.807, 2.05) is 63.2 Å². The van der Waals surface area contributed by atoms with Gasteiger partial charge in [-0.3, -0.25) is 14.6 Å². The van der Waals surface area contributed by atoms with Gasteiger partial charge in [0.25, 0.3) is 5.91 Å². The second-order valence-corrected chi connectivity index (χ2v) is 7.07. The first-order valence-corrected chi connectivity index (χ1v) is 8.39. The molecule has 1 unspecified atom stereocenters. The lowest BCUT2D eigenvalue weighted by molar-refractivity contribution is -0.130. The van der Waals surface area contributed by atoms with Crippen molar-refractivity contribution in [3.8, 4) is 11.3 Å². The van der Waals surface area contributed by atoms with Gasteiger partial charge in [0.15, 0.2) is 0 Å². The van der Waals surface area contributed by atoms with Gasteiger partial charge in [0, 0.05) is 18.7 Å². The van der Waals surface area contributed by atoms with Gasteiger partial charge in [-0.15, -0.1) is 0 Å². The smallest absolute Gasteiger partial charge is 0.263 e. The predicted octanol–water partition coefficient (Wildman–Crippen LogP) is 2.75. The number of benzene rings is 1. The number of nitrogens with one attached hydrogen (secondary N) is 2. The largest absolute Gasteiger partial charge is 0.344 e. The third-order valence-corrected chi connectivity index (χ3v) is 3.74. The molecule has 0 saturated heterocycles. The van der Waals surface area contributed by atoms with Crippen LogP contribution in [0.15, 0.2) is 53.8 Å². The molecule has 0 radical (unpaired) electrons. The molecule has 1 aromatic heterocycles. The minimum atomic E-state index is -0.663. The SMILES string of the molecule is CC(=O)NC(C(=O)NN=Cc1ccc(-c2ccccn2)cc1)C(C)(C)C. The summed E-state index contributed by atoms with van der Waals surface area (Å²) in [6.07, 6.45) is 3.31. The highest BCUT2D eigenvalue weighted by Crippen LogP contribution is 2.19. The van der Waals surface area contributed by atoms with Crippen LogP contribution in [0.1, 0.15) is 33.3 Å². The summed E-state index contributed by atoms with van der Waals surface area (Å²) in [6.45, 7) is 7.03. The normalized spacial score (nSPS) is 12.6. The van der Waals surface area contributed by atoms with E-state index in [-0.39, 0.29) is 11.8 Å². The molecule has 2 amide bonds. The molecule has 6 nitrogen and oxygen atoms in total. The van der Waals surface area contributed by atoms with E-state index in [2.05, 4.69) is 20.8 Å². The Labute approximate surface area is 153 Å². The second kappa shape index (κ2) is 8.38. The van der Waals surface area contributed by atoms with Crippen LogP contribution in [0.4, 0.5) is 0 Å². The molecule has 0 saturated carbocycles. The molecule has 0 aliphatic carbocycles. The van der Waals surface area contributed by atoms with E-state index in [1.165, 1.54) is 6.92 Å². The molecular formula is C20H24N4O2. The number of aromatic nitrogens is 1. The minimum absolute atomic E-state index is 0.255. The molecule has 1 heterocycles. The Balaban J connectivity index is 2.01. The van der Waals surface area contributed by atoms with Crippen LogP contribution in [0.3, 0.4) is 0 Å². The first kappa shape index (κ1) is 19.3. The molecule has 2 N–H and O–H groups in total. The van der Waals surface area contributed by atoms with Crippen LogP contribution < -0.4 is 10.7 Å². The van der Waals surface area contributed by atoms with Gasteiger partial charge in [-0.25, -0.2) is 5.43 Å². The van der Waals surface area contributed by atoms with Crippen LogP contribution in [0.5, 0.6) is 0 Å². The van der Waals surface area contributed by atoms with E-state index in [4.69, 9.17) is 0 Å². The molecule has 0 fully saturated rings. The fourth-order valence-corrected chi connectivity index (χ4v) is 2.39. The van der Waals surface area contributed by atoms with Crippen LogP contribution in [-0.4, -0.2) is 29.1 Å².